The van der Waals surface area contributed by atoms with E-state index >= 15 is 0 Å². The van der Waals surface area contributed by atoms with Gasteiger partial charge in [-0.3, -0.25) is 0 Å². The Morgan fingerprint density at radius 2 is 1.57 bits per heavy atom. The van der Waals surface area contributed by atoms with Gasteiger partial charge >= 0.3 is 0 Å². The number of hydrogen-bond acceptors (Lipinski definition) is 1. The van der Waals surface area contributed by atoms with Crippen LogP contribution in [0.25, 0.3) is 0 Å². The molecule has 0 saturated carbocycles. The van der Waals surface area contributed by atoms with Gasteiger partial charge in [0, 0.05) is 19.0 Å². The Bertz CT molecular complexity index is 224. The molecule has 0 radical (unpaired) electrons. The van der Waals surface area contributed by atoms with Gasteiger partial charge in [-0.25, -0.2) is 0 Å². The first-order valence-electron chi connectivity index (χ1n) is 5.10. The van der Waals surface area contributed by atoms with Crippen molar-refractivity contribution in [2.45, 2.75) is 27.2 Å². The molecule has 1 nitrogen and oxygen atoms in total. The van der Waals surface area contributed by atoms with Gasteiger partial charge < -0.3 is 4.90 Å². The van der Waals surface area contributed by atoms with E-state index in [1.165, 1.54) is 18.7 Å². The third-order valence-corrected chi connectivity index (χ3v) is 2.34. The molecule has 1 aromatic carbocycles. The van der Waals surface area contributed by atoms with Gasteiger partial charge in [0.05, 0.1) is 0 Å². The molecule has 0 aromatic heterocycles. The minimum atomic E-state index is 0. The Morgan fingerprint density at radius 3 is 2.00 bits per heavy atom. The third kappa shape index (κ3) is 3.15. The number of benzene rings is 1. The molecule has 1 heterocycles. The fraction of sp³-hybridized carbons (Fsp3) is 0.538. The van der Waals surface area contributed by atoms with Gasteiger partial charge in [0.25, 0.3) is 0 Å². The molecule has 2 rings (SSSR count). The largest absolute Gasteiger partial charge is 0.305 e. The number of nitrogens with zero attached hydrogens (tertiary/aromatic N) is 1. The van der Waals surface area contributed by atoms with E-state index in [1.54, 1.807) is 0 Å². The van der Waals surface area contributed by atoms with Gasteiger partial charge in [-0.15, -0.1) is 0 Å². The van der Waals surface area contributed by atoms with Crippen molar-refractivity contribution >= 4 is 0 Å². The molecule has 1 heteroatoms. The highest BCUT2D eigenvalue weighted by Gasteiger charge is 2.23. The van der Waals surface area contributed by atoms with Crippen LogP contribution in [0, 0.1) is 0 Å². The molecular weight excluding hydrogens is 170 g/mol. The molecule has 0 N–H and O–H groups in total. The Morgan fingerprint density at radius 1 is 1.07 bits per heavy atom. The van der Waals surface area contributed by atoms with E-state index in [0.29, 0.717) is 0 Å². The maximum Gasteiger partial charge on any atom is 0.00933 e. The van der Waals surface area contributed by atoms with E-state index in [9.17, 15) is 0 Å². The smallest absolute Gasteiger partial charge is 0.00933 e. The van der Waals surface area contributed by atoms with E-state index in [1.807, 2.05) is 13.8 Å². The van der Waals surface area contributed by atoms with Gasteiger partial charge in [0.1, 0.15) is 0 Å². The zero-order valence-electron chi connectivity index (χ0n) is 8.83. The summed E-state index contributed by atoms with van der Waals surface area (Å²) in [7, 11) is 2.17. The summed E-state index contributed by atoms with van der Waals surface area (Å²) in [5, 5.41) is 0. The second kappa shape index (κ2) is 6.61. The van der Waals surface area contributed by atoms with Crippen molar-refractivity contribution in [1.29, 1.82) is 0 Å². The minimum absolute atomic E-state index is 0. The van der Waals surface area contributed by atoms with Crippen molar-refractivity contribution in [2.24, 2.45) is 0 Å². The number of likely N-dealkylation sites (N-methyl/N-ethyl adjacent to an activating group) is 1. The standard InChI is InChI=1S/C10H13N.C2H6.CH4/c1-11-7-10(8-11)9-5-3-2-4-6-9;1-2;/h2-6,10H,7-8H2,1H3;1-2H3;1H4. The van der Waals surface area contributed by atoms with Gasteiger partial charge in [0.15, 0.2) is 0 Å². The fourth-order valence-corrected chi connectivity index (χ4v) is 1.63. The van der Waals surface area contributed by atoms with Crippen LogP contribution >= 0.6 is 0 Å². The average molecular weight is 193 g/mol. The molecule has 1 saturated heterocycles. The van der Waals surface area contributed by atoms with Crippen LogP contribution in [0.5, 0.6) is 0 Å². The van der Waals surface area contributed by atoms with Crippen molar-refractivity contribution in [2.75, 3.05) is 20.1 Å². The predicted octanol–water partition coefficient (Wildman–Crippen LogP) is 3.38. The van der Waals surface area contributed by atoms with Crippen molar-refractivity contribution < 1.29 is 0 Å². The fourth-order valence-electron chi connectivity index (χ4n) is 1.63. The topological polar surface area (TPSA) is 3.24 Å². The van der Waals surface area contributed by atoms with Crippen LogP contribution in [0.1, 0.15) is 32.8 Å². The summed E-state index contributed by atoms with van der Waals surface area (Å²) in [4.78, 5) is 2.34. The third-order valence-electron chi connectivity index (χ3n) is 2.34. The van der Waals surface area contributed by atoms with E-state index in [4.69, 9.17) is 0 Å². The van der Waals surface area contributed by atoms with Crippen LogP contribution in [0.4, 0.5) is 0 Å². The van der Waals surface area contributed by atoms with Crippen molar-refractivity contribution in [3.05, 3.63) is 35.9 Å². The van der Waals surface area contributed by atoms with Crippen LogP contribution in [0.15, 0.2) is 30.3 Å². The molecule has 80 valence electrons. The number of hydrogen-bond donors (Lipinski definition) is 0. The van der Waals surface area contributed by atoms with E-state index in [0.717, 1.165) is 5.92 Å². The van der Waals surface area contributed by atoms with Crippen LogP contribution < -0.4 is 0 Å². The first-order chi connectivity index (χ1) is 6.36. The molecule has 1 aromatic rings. The summed E-state index contributed by atoms with van der Waals surface area (Å²) < 4.78 is 0. The monoisotopic (exact) mass is 193 g/mol. The van der Waals surface area contributed by atoms with Crippen LogP contribution in [-0.4, -0.2) is 25.0 Å². The molecule has 1 fully saturated rings. The lowest BCUT2D eigenvalue weighted by Crippen LogP contribution is -2.41. The molecule has 1 aliphatic rings. The molecule has 0 aliphatic carbocycles. The molecule has 0 atom stereocenters. The van der Waals surface area contributed by atoms with Crippen molar-refractivity contribution in [1.82, 2.24) is 4.90 Å². The molecule has 0 spiro atoms. The van der Waals surface area contributed by atoms with E-state index < -0.39 is 0 Å². The van der Waals surface area contributed by atoms with Gasteiger partial charge in [-0.05, 0) is 12.6 Å². The molecule has 0 unspecified atom stereocenters. The Hall–Kier alpha value is -0.820. The maximum atomic E-state index is 2.34. The Labute approximate surface area is 88.8 Å². The zero-order valence-corrected chi connectivity index (χ0v) is 8.83. The summed E-state index contributed by atoms with van der Waals surface area (Å²) in [5.41, 5.74) is 1.49. The first kappa shape index (κ1) is 13.2. The zero-order chi connectivity index (χ0) is 9.68. The predicted molar refractivity (Wildman–Crippen MR) is 64.8 cm³/mol. The Balaban J connectivity index is 0.000000531. The SMILES string of the molecule is C.CC.CN1CC(c2ccccc2)C1. The summed E-state index contributed by atoms with van der Waals surface area (Å²) >= 11 is 0. The molecule has 0 amide bonds. The normalized spacial score (nSPS) is 15.9. The molecule has 0 bridgehead atoms. The summed E-state index contributed by atoms with van der Waals surface area (Å²) in [6, 6.07) is 10.8. The highest BCUT2D eigenvalue weighted by Crippen LogP contribution is 2.24. The maximum absolute atomic E-state index is 2.34. The molecular formula is C13H23N. The van der Waals surface area contributed by atoms with E-state index in [2.05, 4.69) is 42.3 Å². The first-order valence-corrected chi connectivity index (χ1v) is 5.10. The van der Waals surface area contributed by atoms with Gasteiger partial charge in [-0.1, -0.05) is 51.6 Å². The average Bonchev–Trinajstić information content (AvgIpc) is 2.18. The quantitative estimate of drug-likeness (QED) is 0.661. The Kier molecular flexibility index (Phi) is 6.22. The number of likely N-dealkylation sites (tertiary alicyclic amines) is 1. The second-order valence-corrected chi connectivity index (χ2v) is 3.33. The second-order valence-electron chi connectivity index (χ2n) is 3.33. The van der Waals surface area contributed by atoms with Crippen LogP contribution in [0.3, 0.4) is 0 Å². The van der Waals surface area contributed by atoms with Crippen LogP contribution in [-0.2, 0) is 0 Å². The lowest BCUT2D eigenvalue weighted by molar-refractivity contribution is 0.190. The van der Waals surface area contributed by atoms with Gasteiger partial charge in [-0.2, -0.15) is 0 Å². The van der Waals surface area contributed by atoms with Crippen molar-refractivity contribution in [3.63, 3.8) is 0 Å². The van der Waals surface area contributed by atoms with Crippen LogP contribution in [0.2, 0.25) is 0 Å². The lowest BCUT2D eigenvalue weighted by atomic mass is 9.92. The summed E-state index contributed by atoms with van der Waals surface area (Å²) in [6.45, 7) is 6.45. The summed E-state index contributed by atoms with van der Waals surface area (Å²) in [5.74, 6) is 0.793. The number of rotatable bonds is 1. The lowest BCUT2D eigenvalue weighted by Gasteiger charge is -2.36. The van der Waals surface area contributed by atoms with Gasteiger partial charge in [0.2, 0.25) is 0 Å². The molecule has 1 aliphatic heterocycles. The molecule has 14 heavy (non-hydrogen) atoms. The van der Waals surface area contributed by atoms with Crippen molar-refractivity contribution in [3.8, 4) is 0 Å². The summed E-state index contributed by atoms with van der Waals surface area (Å²) in [6.07, 6.45) is 0. The highest BCUT2D eigenvalue weighted by molar-refractivity contribution is 5.22. The minimum Gasteiger partial charge on any atom is -0.305 e. The van der Waals surface area contributed by atoms with E-state index in [-0.39, 0.29) is 7.43 Å². The highest BCUT2D eigenvalue weighted by atomic mass is 15.2.